The van der Waals surface area contributed by atoms with Gasteiger partial charge in [0.1, 0.15) is 6.04 Å². The van der Waals surface area contributed by atoms with Crippen molar-refractivity contribution in [2.75, 3.05) is 6.54 Å². The third kappa shape index (κ3) is 3.30. The summed E-state index contributed by atoms with van der Waals surface area (Å²) in [4.78, 5) is 22.6. The Morgan fingerprint density at radius 1 is 1.53 bits per heavy atom. The minimum Gasteiger partial charge on any atom is -0.481 e. The van der Waals surface area contributed by atoms with Crippen LogP contribution in [0.25, 0.3) is 0 Å². The van der Waals surface area contributed by atoms with Gasteiger partial charge in [-0.3, -0.25) is 14.3 Å². The van der Waals surface area contributed by atoms with E-state index in [-0.39, 0.29) is 12.5 Å². The van der Waals surface area contributed by atoms with E-state index in [0.717, 1.165) is 0 Å². The number of carboxylic acid groups (broad SMARTS) is 1. The molecule has 6 nitrogen and oxygen atoms in total. The number of rotatable bonds is 5. The van der Waals surface area contributed by atoms with Crippen molar-refractivity contribution in [3.63, 3.8) is 0 Å². The van der Waals surface area contributed by atoms with E-state index in [1.54, 1.807) is 39.2 Å². The largest absolute Gasteiger partial charge is 0.481 e. The van der Waals surface area contributed by atoms with Crippen LogP contribution < -0.4 is 5.32 Å². The Bertz CT molecular complexity index is 398. The van der Waals surface area contributed by atoms with Crippen LogP contribution in [0.15, 0.2) is 18.5 Å². The molecular formula is C11H17N3O3. The molecule has 0 aliphatic rings. The molecule has 1 aromatic rings. The molecule has 0 spiro atoms. The summed E-state index contributed by atoms with van der Waals surface area (Å²) in [6.07, 6.45) is 3.28. The van der Waals surface area contributed by atoms with Crippen LogP contribution in [0.5, 0.6) is 0 Å². The molecule has 0 unspecified atom stereocenters. The molecule has 0 fully saturated rings. The van der Waals surface area contributed by atoms with Crippen LogP contribution in [0.2, 0.25) is 0 Å². The lowest BCUT2D eigenvalue weighted by Crippen LogP contribution is -2.41. The van der Waals surface area contributed by atoms with E-state index in [2.05, 4.69) is 10.4 Å². The molecule has 0 saturated carbocycles. The first kappa shape index (κ1) is 13.2. The van der Waals surface area contributed by atoms with Crippen molar-refractivity contribution in [3.8, 4) is 0 Å². The van der Waals surface area contributed by atoms with Crippen LogP contribution in [0, 0.1) is 5.41 Å². The monoisotopic (exact) mass is 239 g/mol. The highest BCUT2D eigenvalue weighted by Crippen LogP contribution is 2.13. The lowest BCUT2D eigenvalue weighted by atomic mass is 9.94. The normalized spacial score (nSPS) is 13.1. The summed E-state index contributed by atoms with van der Waals surface area (Å²) in [6, 6.07) is 1.28. The summed E-state index contributed by atoms with van der Waals surface area (Å²) in [5.41, 5.74) is -0.973. The van der Waals surface area contributed by atoms with Gasteiger partial charge in [-0.15, -0.1) is 0 Å². The van der Waals surface area contributed by atoms with Gasteiger partial charge in [0, 0.05) is 18.9 Å². The average Bonchev–Trinajstić information content (AvgIpc) is 2.78. The molecule has 1 heterocycles. The highest BCUT2D eigenvalue weighted by molar-refractivity contribution is 5.81. The Balaban J connectivity index is 2.54. The maximum Gasteiger partial charge on any atom is 0.310 e. The Kier molecular flexibility index (Phi) is 3.88. The highest BCUT2D eigenvalue weighted by atomic mass is 16.4. The van der Waals surface area contributed by atoms with Crippen molar-refractivity contribution in [1.29, 1.82) is 0 Å². The standard InChI is InChI=1S/C11H17N3O3/c1-8(14-6-4-5-13-14)9(15)12-7-11(2,3)10(16)17/h4-6,8H,7H2,1-3H3,(H,12,15)(H,16,17)/t8-/m0/s1. The number of carboxylic acids is 1. The minimum atomic E-state index is -0.973. The quantitative estimate of drug-likeness (QED) is 0.791. The van der Waals surface area contributed by atoms with E-state index >= 15 is 0 Å². The zero-order valence-electron chi connectivity index (χ0n) is 10.2. The molecule has 6 heteroatoms. The lowest BCUT2D eigenvalue weighted by molar-refractivity contribution is -0.146. The summed E-state index contributed by atoms with van der Waals surface area (Å²) < 4.78 is 1.52. The third-order valence-electron chi connectivity index (χ3n) is 2.58. The smallest absolute Gasteiger partial charge is 0.310 e. The van der Waals surface area contributed by atoms with Gasteiger partial charge < -0.3 is 10.4 Å². The molecule has 0 aromatic carbocycles. The van der Waals surface area contributed by atoms with Crippen LogP contribution in [0.4, 0.5) is 0 Å². The molecule has 0 saturated heterocycles. The van der Waals surface area contributed by atoms with Gasteiger partial charge in [0.15, 0.2) is 0 Å². The molecule has 1 amide bonds. The lowest BCUT2D eigenvalue weighted by Gasteiger charge is -2.21. The summed E-state index contributed by atoms with van der Waals surface area (Å²) in [5, 5.41) is 15.5. The molecule has 2 N–H and O–H groups in total. The van der Waals surface area contributed by atoms with Crippen molar-refractivity contribution in [3.05, 3.63) is 18.5 Å². The fraction of sp³-hybridized carbons (Fsp3) is 0.545. The number of hydrogen-bond acceptors (Lipinski definition) is 3. The summed E-state index contributed by atoms with van der Waals surface area (Å²) in [6.45, 7) is 4.92. The van der Waals surface area contributed by atoms with E-state index in [1.807, 2.05) is 0 Å². The zero-order valence-corrected chi connectivity index (χ0v) is 10.2. The molecule has 0 bridgehead atoms. The van der Waals surface area contributed by atoms with Crippen LogP contribution >= 0.6 is 0 Å². The van der Waals surface area contributed by atoms with Crippen molar-refractivity contribution < 1.29 is 14.7 Å². The van der Waals surface area contributed by atoms with E-state index in [0.29, 0.717) is 0 Å². The number of amides is 1. The van der Waals surface area contributed by atoms with Gasteiger partial charge >= 0.3 is 5.97 Å². The molecule has 0 aliphatic carbocycles. The number of nitrogens with zero attached hydrogens (tertiary/aromatic N) is 2. The SMILES string of the molecule is C[C@@H](C(=O)NCC(C)(C)C(=O)O)n1cccn1. The van der Waals surface area contributed by atoms with E-state index in [9.17, 15) is 9.59 Å². The summed E-state index contributed by atoms with van der Waals surface area (Å²) in [7, 11) is 0. The number of aliphatic carboxylic acids is 1. The molecular weight excluding hydrogens is 222 g/mol. The van der Waals surface area contributed by atoms with Gasteiger partial charge in [0.25, 0.3) is 0 Å². The van der Waals surface area contributed by atoms with Gasteiger partial charge in [-0.05, 0) is 26.8 Å². The van der Waals surface area contributed by atoms with Gasteiger partial charge in [0.05, 0.1) is 5.41 Å². The van der Waals surface area contributed by atoms with Gasteiger partial charge in [-0.25, -0.2) is 0 Å². The minimum absolute atomic E-state index is 0.0901. The average molecular weight is 239 g/mol. The maximum absolute atomic E-state index is 11.7. The van der Waals surface area contributed by atoms with Crippen LogP contribution in [0.1, 0.15) is 26.8 Å². The van der Waals surface area contributed by atoms with E-state index in [1.165, 1.54) is 4.68 Å². The number of carbonyl (C=O) groups is 2. The first-order valence-electron chi connectivity index (χ1n) is 5.35. The first-order chi connectivity index (χ1) is 7.84. The molecule has 1 aromatic heterocycles. The van der Waals surface area contributed by atoms with Crippen molar-refractivity contribution >= 4 is 11.9 Å². The Labute approximate surface area is 99.6 Å². The second kappa shape index (κ2) is 4.99. The van der Waals surface area contributed by atoms with Crippen molar-refractivity contribution in [2.45, 2.75) is 26.8 Å². The van der Waals surface area contributed by atoms with Crippen LogP contribution in [-0.2, 0) is 9.59 Å². The van der Waals surface area contributed by atoms with Crippen LogP contribution in [-0.4, -0.2) is 33.3 Å². The molecule has 17 heavy (non-hydrogen) atoms. The Morgan fingerprint density at radius 2 is 2.18 bits per heavy atom. The topological polar surface area (TPSA) is 84.2 Å². The van der Waals surface area contributed by atoms with Gasteiger partial charge in [-0.1, -0.05) is 0 Å². The number of hydrogen-bond donors (Lipinski definition) is 2. The molecule has 0 radical (unpaired) electrons. The first-order valence-corrected chi connectivity index (χ1v) is 5.35. The van der Waals surface area contributed by atoms with Gasteiger partial charge in [-0.2, -0.15) is 5.10 Å². The molecule has 0 aliphatic heterocycles. The fourth-order valence-electron chi connectivity index (χ4n) is 1.16. The van der Waals surface area contributed by atoms with Crippen molar-refractivity contribution in [2.24, 2.45) is 5.41 Å². The predicted molar refractivity (Wildman–Crippen MR) is 61.4 cm³/mol. The summed E-state index contributed by atoms with van der Waals surface area (Å²) in [5.74, 6) is -1.19. The third-order valence-corrected chi connectivity index (χ3v) is 2.58. The summed E-state index contributed by atoms with van der Waals surface area (Å²) >= 11 is 0. The second-order valence-corrected chi connectivity index (χ2v) is 4.57. The number of aromatic nitrogens is 2. The fourth-order valence-corrected chi connectivity index (χ4v) is 1.16. The Hall–Kier alpha value is -1.85. The van der Waals surface area contributed by atoms with Gasteiger partial charge in [0.2, 0.25) is 5.91 Å². The zero-order chi connectivity index (χ0) is 13.1. The highest BCUT2D eigenvalue weighted by Gasteiger charge is 2.28. The van der Waals surface area contributed by atoms with E-state index < -0.39 is 17.4 Å². The second-order valence-electron chi connectivity index (χ2n) is 4.57. The van der Waals surface area contributed by atoms with Crippen LogP contribution in [0.3, 0.4) is 0 Å². The molecule has 1 rings (SSSR count). The molecule has 94 valence electrons. The van der Waals surface area contributed by atoms with E-state index in [4.69, 9.17) is 5.11 Å². The Morgan fingerprint density at radius 3 is 2.65 bits per heavy atom. The number of nitrogens with one attached hydrogen (secondary N) is 1. The predicted octanol–water partition coefficient (Wildman–Crippen LogP) is 0.671. The van der Waals surface area contributed by atoms with Crippen molar-refractivity contribution in [1.82, 2.24) is 15.1 Å². The molecule has 1 atom stereocenters. The number of carbonyl (C=O) groups excluding carboxylic acids is 1. The maximum atomic E-state index is 11.7.